The van der Waals surface area contributed by atoms with Crippen molar-refractivity contribution in [3.05, 3.63) is 139 Å². The maximum atomic E-state index is 10.4. The number of phenols is 1. The number of benzene rings is 6. The molecule has 0 fully saturated rings. The van der Waals surface area contributed by atoms with Crippen molar-refractivity contribution < 1.29 is 27.6 Å². The number of para-hydroxylation sites is 2. The molecule has 1 N–H and O–H groups in total. The number of aromatic hydroxyl groups is 1. The average Bonchev–Trinajstić information content (AvgIpc) is 3.69. The second-order valence-electron chi connectivity index (χ2n) is 9.17. The first-order chi connectivity index (χ1) is 23.8. The van der Waals surface area contributed by atoms with Crippen LogP contribution in [0.25, 0.3) is 66.1 Å². The molecule has 0 atom stereocenters. The van der Waals surface area contributed by atoms with Gasteiger partial charge in [0.15, 0.2) is 0 Å². The highest BCUT2D eigenvalue weighted by atomic mass is 16.3. The molecule has 3 heteroatoms. The molecule has 192 valence electrons. The van der Waals surface area contributed by atoms with E-state index in [1.807, 2.05) is 61.5 Å². The molecule has 8 rings (SSSR count). The number of hydrogen-bond acceptors (Lipinski definition) is 3. The van der Waals surface area contributed by atoms with E-state index in [0.29, 0.717) is 33.3 Å². The minimum absolute atomic E-state index is 0.0758. The molecule has 2 heterocycles. The lowest BCUT2D eigenvalue weighted by atomic mass is 9.98. The SMILES string of the molecule is [2H]c1c([2H])c([2H])c(-c2c(C)ccc3c2oc2ccccc23)c([2H])c1[2H].[2H]c1c([2H])c([2H])c(-c2c(O)ccc3c2oc2ccccc23)c([2H])c1[2H]. The monoisotopic (exact) mass is 528 g/mol. The third-order valence-corrected chi connectivity index (χ3v) is 6.78. The van der Waals surface area contributed by atoms with Crippen LogP contribution in [0.1, 0.15) is 19.3 Å². The number of hydrogen-bond donors (Lipinski definition) is 1. The molecule has 0 spiro atoms. The van der Waals surface area contributed by atoms with Gasteiger partial charge in [-0.1, -0.05) is 109 Å². The number of phenolic OH excluding ortho intramolecular Hbond substituents is 1. The van der Waals surface area contributed by atoms with Gasteiger partial charge in [0.1, 0.15) is 28.1 Å². The van der Waals surface area contributed by atoms with Crippen LogP contribution < -0.4 is 0 Å². The number of aryl methyl sites for hydroxylation is 1. The van der Waals surface area contributed by atoms with Gasteiger partial charge in [-0.25, -0.2) is 0 Å². The predicted molar refractivity (Wildman–Crippen MR) is 165 cm³/mol. The van der Waals surface area contributed by atoms with Crippen molar-refractivity contribution in [3.8, 4) is 28.0 Å². The normalized spacial score (nSPS) is 14.7. The highest BCUT2D eigenvalue weighted by molar-refractivity contribution is 6.11. The second-order valence-corrected chi connectivity index (χ2v) is 9.17. The molecule has 40 heavy (non-hydrogen) atoms. The average molecular weight is 529 g/mol. The Morgan fingerprint density at radius 3 is 1.57 bits per heavy atom. The van der Waals surface area contributed by atoms with Crippen molar-refractivity contribution in [2.75, 3.05) is 0 Å². The maximum Gasteiger partial charge on any atom is 0.146 e. The standard InChI is InChI=1S/C19H14O.C18H12O2/c1-13-11-12-16-15-9-5-6-10-17(15)20-19(16)18(13)14-7-3-2-4-8-14;19-15-11-10-14-13-8-4-5-9-16(13)20-18(14)17(15)12-6-2-1-3-7-12/h2-12H,1H3;1-11,19H/i2D,3D,4D,7D,8D;1D,2D,3D,6D,7D. The Kier molecular flexibility index (Phi) is 3.76. The van der Waals surface area contributed by atoms with Gasteiger partial charge in [0.05, 0.1) is 19.3 Å². The summed E-state index contributed by atoms with van der Waals surface area (Å²) in [6, 6.07) is 18.2. The second kappa shape index (κ2) is 9.79. The fraction of sp³-hybridized carbons (Fsp3) is 0.0270. The lowest BCUT2D eigenvalue weighted by Crippen LogP contribution is -1.83. The molecule has 0 aliphatic heterocycles. The quantitative estimate of drug-likeness (QED) is 0.243. The summed E-state index contributed by atoms with van der Waals surface area (Å²) < 4.78 is 91.8. The first kappa shape index (κ1) is 15.3. The molecule has 0 unspecified atom stereocenters. The van der Waals surface area contributed by atoms with Crippen LogP contribution in [-0.4, -0.2) is 5.11 Å². The Labute approximate surface area is 245 Å². The summed E-state index contributed by atoms with van der Waals surface area (Å²) in [5.74, 6) is -0.204. The number of furan rings is 2. The molecule has 6 aromatic carbocycles. The summed E-state index contributed by atoms with van der Waals surface area (Å²) >= 11 is 0. The fourth-order valence-corrected chi connectivity index (χ4v) is 4.97. The van der Waals surface area contributed by atoms with E-state index in [2.05, 4.69) is 0 Å². The lowest BCUT2D eigenvalue weighted by Gasteiger charge is -2.06. The van der Waals surface area contributed by atoms with Crippen molar-refractivity contribution in [1.29, 1.82) is 0 Å². The molecule has 2 aromatic heterocycles. The van der Waals surface area contributed by atoms with Crippen LogP contribution in [-0.2, 0) is 0 Å². The van der Waals surface area contributed by atoms with Crippen LogP contribution in [0.4, 0.5) is 0 Å². The van der Waals surface area contributed by atoms with Gasteiger partial charge in [0.2, 0.25) is 0 Å². The minimum Gasteiger partial charge on any atom is -0.507 e. The molecule has 0 amide bonds. The van der Waals surface area contributed by atoms with Crippen molar-refractivity contribution in [2.45, 2.75) is 6.92 Å². The molecule has 0 aliphatic rings. The molecular formula is C37H26O3. The van der Waals surface area contributed by atoms with Gasteiger partial charge in [0, 0.05) is 27.1 Å². The largest absolute Gasteiger partial charge is 0.507 e. The van der Waals surface area contributed by atoms with Gasteiger partial charge >= 0.3 is 0 Å². The summed E-state index contributed by atoms with van der Waals surface area (Å²) in [5.41, 5.74) is 3.68. The number of rotatable bonds is 2. The van der Waals surface area contributed by atoms with Crippen LogP contribution in [0.3, 0.4) is 0 Å². The van der Waals surface area contributed by atoms with Crippen LogP contribution >= 0.6 is 0 Å². The summed E-state index contributed by atoms with van der Waals surface area (Å²) in [5, 5.41) is 13.7. The van der Waals surface area contributed by atoms with E-state index < -0.39 is 24.2 Å². The molecule has 0 bridgehead atoms. The molecule has 0 saturated carbocycles. The highest BCUT2D eigenvalue weighted by Crippen LogP contribution is 2.41. The Morgan fingerprint density at radius 1 is 0.525 bits per heavy atom. The van der Waals surface area contributed by atoms with E-state index in [9.17, 15) is 5.11 Å². The fourth-order valence-electron chi connectivity index (χ4n) is 4.97. The zero-order valence-electron chi connectivity index (χ0n) is 31.2. The molecule has 0 aliphatic carbocycles. The van der Waals surface area contributed by atoms with Gasteiger partial charge in [-0.15, -0.1) is 0 Å². The van der Waals surface area contributed by atoms with Crippen molar-refractivity contribution in [3.63, 3.8) is 0 Å². The number of fused-ring (bicyclic) bond motifs is 6. The van der Waals surface area contributed by atoms with E-state index in [1.165, 1.54) is 6.07 Å². The van der Waals surface area contributed by atoms with Crippen LogP contribution in [0.2, 0.25) is 0 Å². The molecule has 8 aromatic rings. The zero-order valence-corrected chi connectivity index (χ0v) is 21.2. The predicted octanol–water partition coefficient (Wildman–Crippen LogP) is 10.5. The Bertz CT molecular complexity index is 2450. The van der Waals surface area contributed by atoms with E-state index in [1.54, 1.807) is 12.1 Å². The van der Waals surface area contributed by atoms with Crippen molar-refractivity contribution >= 4 is 43.9 Å². The summed E-state index contributed by atoms with van der Waals surface area (Å²) in [6.45, 7) is 1.85. The maximum absolute atomic E-state index is 10.4. The summed E-state index contributed by atoms with van der Waals surface area (Å²) in [4.78, 5) is 0. The third-order valence-electron chi connectivity index (χ3n) is 6.78. The van der Waals surface area contributed by atoms with Gasteiger partial charge in [-0.3, -0.25) is 0 Å². The lowest BCUT2D eigenvalue weighted by molar-refractivity contribution is 0.477. The summed E-state index contributed by atoms with van der Waals surface area (Å²) in [6.07, 6.45) is 0. The molecular weight excluding hydrogens is 492 g/mol. The highest BCUT2D eigenvalue weighted by Gasteiger charge is 2.16. The Morgan fingerprint density at radius 2 is 1.00 bits per heavy atom. The zero-order chi connectivity index (χ0) is 35.8. The van der Waals surface area contributed by atoms with Crippen molar-refractivity contribution in [1.82, 2.24) is 0 Å². The van der Waals surface area contributed by atoms with E-state index in [0.717, 1.165) is 21.7 Å². The van der Waals surface area contributed by atoms with E-state index in [-0.39, 0.29) is 58.7 Å². The van der Waals surface area contributed by atoms with Gasteiger partial charge < -0.3 is 13.9 Å². The van der Waals surface area contributed by atoms with Crippen LogP contribution in [0, 0.1) is 6.92 Å². The van der Waals surface area contributed by atoms with Crippen molar-refractivity contribution in [2.24, 2.45) is 0 Å². The molecule has 0 saturated heterocycles. The minimum atomic E-state index is -0.477. The first-order valence-electron chi connectivity index (χ1n) is 17.5. The van der Waals surface area contributed by atoms with E-state index >= 15 is 0 Å². The smallest absolute Gasteiger partial charge is 0.146 e. The molecule has 3 nitrogen and oxygen atoms in total. The van der Waals surface area contributed by atoms with Crippen LogP contribution in [0.15, 0.2) is 142 Å². The Balaban J connectivity index is 0.000000157. The van der Waals surface area contributed by atoms with Gasteiger partial charge in [-0.05, 0) is 47.9 Å². The molecule has 0 radical (unpaired) electrons. The third kappa shape index (κ3) is 4.00. The summed E-state index contributed by atoms with van der Waals surface area (Å²) in [7, 11) is 0. The topological polar surface area (TPSA) is 46.5 Å². The van der Waals surface area contributed by atoms with Gasteiger partial charge in [0.25, 0.3) is 0 Å². The Hall–Kier alpha value is -5.28. The van der Waals surface area contributed by atoms with Gasteiger partial charge in [-0.2, -0.15) is 0 Å². The van der Waals surface area contributed by atoms with E-state index in [4.69, 9.17) is 22.5 Å². The van der Waals surface area contributed by atoms with Crippen LogP contribution in [0.5, 0.6) is 5.75 Å². The first-order valence-corrected chi connectivity index (χ1v) is 12.5.